The minimum absolute atomic E-state index is 0.105. The molecule has 0 spiro atoms. The summed E-state index contributed by atoms with van der Waals surface area (Å²) in [5.41, 5.74) is 1.89. The second-order valence-corrected chi connectivity index (χ2v) is 6.76. The molecule has 1 aromatic heterocycles. The molecule has 25 heavy (non-hydrogen) atoms. The van der Waals surface area contributed by atoms with E-state index in [2.05, 4.69) is 15.3 Å². The van der Waals surface area contributed by atoms with Crippen molar-refractivity contribution in [2.24, 2.45) is 0 Å². The van der Waals surface area contributed by atoms with Gasteiger partial charge in [-0.15, -0.1) is 0 Å². The molecule has 1 atom stereocenters. The fraction of sp³-hybridized carbons (Fsp3) is 0.235. The zero-order valence-corrected chi connectivity index (χ0v) is 14.5. The van der Waals surface area contributed by atoms with Gasteiger partial charge < -0.3 is 5.32 Å². The van der Waals surface area contributed by atoms with Crippen molar-refractivity contribution in [2.75, 3.05) is 10.2 Å². The molecular formula is C17H16N4O3S. The molecule has 0 aliphatic carbocycles. The maximum absolute atomic E-state index is 12.6. The monoisotopic (exact) mass is 356 g/mol. The molecule has 7 nitrogen and oxygen atoms in total. The topological polar surface area (TPSA) is 92.3 Å². The Bertz CT molecular complexity index is 838. The van der Waals surface area contributed by atoms with Crippen molar-refractivity contribution >= 4 is 40.9 Å². The van der Waals surface area contributed by atoms with E-state index in [1.807, 2.05) is 6.92 Å². The van der Waals surface area contributed by atoms with Gasteiger partial charge in [-0.1, -0.05) is 11.8 Å². The average Bonchev–Trinajstić information content (AvgIpc) is 2.82. The number of hydrogen-bond donors (Lipinski definition) is 1. The Kier molecular flexibility index (Phi) is 4.80. The van der Waals surface area contributed by atoms with Crippen LogP contribution in [0.1, 0.15) is 19.0 Å². The zero-order valence-electron chi connectivity index (χ0n) is 13.7. The molecule has 0 saturated carbocycles. The van der Waals surface area contributed by atoms with Gasteiger partial charge in [-0.3, -0.25) is 14.4 Å². The number of hydrogen-bond acceptors (Lipinski definition) is 6. The summed E-state index contributed by atoms with van der Waals surface area (Å²) in [4.78, 5) is 45.5. The van der Waals surface area contributed by atoms with Crippen LogP contribution in [0.2, 0.25) is 0 Å². The molecule has 1 N–H and O–H groups in total. The molecule has 128 valence electrons. The number of carbonyl (C=O) groups is 3. The first kappa shape index (κ1) is 17.1. The summed E-state index contributed by atoms with van der Waals surface area (Å²) in [6.07, 6.45) is 1.73. The summed E-state index contributed by atoms with van der Waals surface area (Å²) >= 11 is 1.20. The van der Waals surface area contributed by atoms with Gasteiger partial charge in [-0.2, -0.15) is 0 Å². The summed E-state index contributed by atoms with van der Waals surface area (Å²) in [6.45, 7) is 3.26. The minimum Gasteiger partial charge on any atom is -0.326 e. The summed E-state index contributed by atoms with van der Waals surface area (Å²) in [5.74, 6) is -0.731. The number of benzene rings is 1. The van der Waals surface area contributed by atoms with E-state index < -0.39 is 5.25 Å². The summed E-state index contributed by atoms with van der Waals surface area (Å²) < 4.78 is 0. The second-order valence-electron chi connectivity index (χ2n) is 5.59. The number of nitrogens with one attached hydrogen (secondary N) is 1. The number of rotatable bonds is 4. The fourth-order valence-corrected chi connectivity index (χ4v) is 3.48. The molecule has 8 heteroatoms. The lowest BCUT2D eigenvalue weighted by atomic mass is 10.2. The van der Waals surface area contributed by atoms with Crippen LogP contribution in [0.3, 0.4) is 0 Å². The van der Waals surface area contributed by atoms with Crippen LogP contribution in [0.5, 0.6) is 0 Å². The third-order valence-electron chi connectivity index (χ3n) is 3.57. The Morgan fingerprint density at radius 1 is 1.24 bits per heavy atom. The van der Waals surface area contributed by atoms with Crippen molar-refractivity contribution < 1.29 is 14.4 Å². The number of amides is 3. The molecule has 1 fully saturated rings. The molecular weight excluding hydrogens is 340 g/mol. The van der Waals surface area contributed by atoms with Crippen molar-refractivity contribution in [2.45, 2.75) is 30.7 Å². The molecule has 3 amide bonds. The van der Waals surface area contributed by atoms with E-state index in [9.17, 15) is 14.4 Å². The van der Waals surface area contributed by atoms with Gasteiger partial charge in [-0.05, 0) is 37.3 Å². The van der Waals surface area contributed by atoms with E-state index in [0.29, 0.717) is 16.5 Å². The van der Waals surface area contributed by atoms with E-state index in [1.54, 1.807) is 36.5 Å². The van der Waals surface area contributed by atoms with Gasteiger partial charge in [0.1, 0.15) is 5.25 Å². The predicted octanol–water partition coefficient (Wildman–Crippen LogP) is 2.17. The second kappa shape index (κ2) is 7.02. The van der Waals surface area contributed by atoms with Gasteiger partial charge in [0.25, 0.3) is 0 Å². The Balaban J connectivity index is 1.76. The van der Waals surface area contributed by atoms with Crippen LogP contribution in [0.4, 0.5) is 11.4 Å². The first-order chi connectivity index (χ1) is 11.9. The smallest absolute Gasteiger partial charge is 0.247 e. The van der Waals surface area contributed by atoms with Gasteiger partial charge in [0.15, 0.2) is 5.16 Å². The van der Waals surface area contributed by atoms with Gasteiger partial charge >= 0.3 is 0 Å². The number of carbonyl (C=O) groups excluding carboxylic acids is 3. The number of aryl methyl sites for hydroxylation is 1. The number of imide groups is 1. The molecule has 0 radical (unpaired) electrons. The van der Waals surface area contributed by atoms with E-state index in [1.165, 1.54) is 23.6 Å². The van der Waals surface area contributed by atoms with Gasteiger partial charge in [0.05, 0.1) is 5.69 Å². The van der Waals surface area contributed by atoms with E-state index >= 15 is 0 Å². The lowest BCUT2D eigenvalue weighted by molar-refractivity contribution is -0.121. The van der Waals surface area contributed by atoms with Crippen molar-refractivity contribution in [1.29, 1.82) is 0 Å². The summed E-state index contributed by atoms with van der Waals surface area (Å²) in [6, 6.07) is 8.35. The lowest BCUT2D eigenvalue weighted by Crippen LogP contribution is -2.31. The molecule has 1 aliphatic rings. The maximum atomic E-state index is 12.6. The van der Waals surface area contributed by atoms with Gasteiger partial charge in [-0.25, -0.2) is 14.9 Å². The largest absolute Gasteiger partial charge is 0.326 e. The highest BCUT2D eigenvalue weighted by molar-refractivity contribution is 8.00. The van der Waals surface area contributed by atoms with Gasteiger partial charge in [0, 0.05) is 30.9 Å². The first-order valence-corrected chi connectivity index (χ1v) is 8.53. The van der Waals surface area contributed by atoms with Gasteiger partial charge in [0.2, 0.25) is 17.7 Å². The Hall–Kier alpha value is -2.74. The van der Waals surface area contributed by atoms with Crippen LogP contribution in [0.15, 0.2) is 41.7 Å². The fourth-order valence-electron chi connectivity index (χ4n) is 2.47. The third kappa shape index (κ3) is 3.85. The van der Waals surface area contributed by atoms with Crippen LogP contribution in [-0.4, -0.2) is 32.9 Å². The number of anilines is 2. The standard InChI is InChI=1S/C17H16N4O3S/c1-10-7-8-18-17(19-10)25-14-9-15(23)21(16(14)24)13-5-3-12(4-6-13)20-11(2)22/h3-8,14H,9H2,1-2H3,(H,20,22)/t14-/m1/s1. The molecule has 0 bridgehead atoms. The first-order valence-electron chi connectivity index (χ1n) is 7.65. The molecule has 3 rings (SSSR count). The van der Waals surface area contributed by atoms with Crippen LogP contribution >= 0.6 is 11.8 Å². The normalized spacial score (nSPS) is 17.0. The molecule has 2 heterocycles. The van der Waals surface area contributed by atoms with Crippen LogP contribution < -0.4 is 10.2 Å². The Morgan fingerprint density at radius 2 is 1.96 bits per heavy atom. The third-order valence-corrected chi connectivity index (χ3v) is 4.63. The highest BCUT2D eigenvalue weighted by atomic mass is 32.2. The van der Waals surface area contributed by atoms with Crippen LogP contribution in [0, 0.1) is 6.92 Å². The van der Waals surface area contributed by atoms with E-state index in [-0.39, 0.29) is 24.1 Å². The SMILES string of the molecule is CC(=O)Nc1ccc(N2C(=O)C[C@@H](Sc3nccc(C)n3)C2=O)cc1. The predicted molar refractivity (Wildman–Crippen MR) is 94.3 cm³/mol. The van der Waals surface area contributed by atoms with Crippen molar-refractivity contribution in [1.82, 2.24) is 9.97 Å². The van der Waals surface area contributed by atoms with Crippen molar-refractivity contribution in [3.05, 3.63) is 42.2 Å². The van der Waals surface area contributed by atoms with Crippen LogP contribution in [0.25, 0.3) is 0 Å². The average molecular weight is 356 g/mol. The number of nitrogens with zero attached hydrogens (tertiary/aromatic N) is 3. The van der Waals surface area contributed by atoms with Crippen LogP contribution in [-0.2, 0) is 14.4 Å². The zero-order chi connectivity index (χ0) is 18.0. The lowest BCUT2D eigenvalue weighted by Gasteiger charge is -2.15. The van der Waals surface area contributed by atoms with E-state index in [4.69, 9.17) is 0 Å². The molecule has 0 unspecified atom stereocenters. The van der Waals surface area contributed by atoms with Crippen molar-refractivity contribution in [3.63, 3.8) is 0 Å². The summed E-state index contributed by atoms with van der Waals surface area (Å²) in [5, 5.41) is 2.59. The number of aromatic nitrogens is 2. The molecule has 2 aromatic rings. The molecule has 1 saturated heterocycles. The summed E-state index contributed by atoms with van der Waals surface area (Å²) in [7, 11) is 0. The molecule has 1 aromatic carbocycles. The minimum atomic E-state index is -0.538. The Labute approximate surface area is 148 Å². The molecule has 1 aliphatic heterocycles. The van der Waals surface area contributed by atoms with E-state index in [0.717, 1.165) is 5.69 Å². The maximum Gasteiger partial charge on any atom is 0.247 e. The van der Waals surface area contributed by atoms with Crippen molar-refractivity contribution in [3.8, 4) is 0 Å². The highest BCUT2D eigenvalue weighted by Crippen LogP contribution is 2.32. The quantitative estimate of drug-likeness (QED) is 0.667. The highest BCUT2D eigenvalue weighted by Gasteiger charge is 2.40. The Morgan fingerprint density at radius 3 is 2.60 bits per heavy atom. The number of thioether (sulfide) groups is 1.